The Morgan fingerprint density at radius 1 is 1.00 bits per heavy atom. The van der Waals surface area contributed by atoms with Crippen LogP contribution < -0.4 is 5.73 Å². The Hall–Kier alpha value is -1.23. The first kappa shape index (κ1) is 14.2. The van der Waals surface area contributed by atoms with Crippen molar-refractivity contribution in [3.63, 3.8) is 0 Å². The predicted molar refractivity (Wildman–Crippen MR) is 78.2 cm³/mol. The number of anilines is 1. The second-order valence-electron chi connectivity index (χ2n) is 4.06. The van der Waals surface area contributed by atoms with Gasteiger partial charge in [-0.2, -0.15) is 0 Å². The number of halogens is 2. The van der Waals surface area contributed by atoms with Crippen LogP contribution in [-0.4, -0.2) is 8.42 Å². The van der Waals surface area contributed by atoms with Crippen LogP contribution in [0, 0.1) is 0 Å². The van der Waals surface area contributed by atoms with Gasteiger partial charge in [0.15, 0.2) is 9.84 Å². The molecule has 0 saturated heterocycles. The number of rotatable bonds is 3. The molecule has 0 atom stereocenters. The maximum atomic E-state index is 12.2. The SMILES string of the molecule is Nc1ccc(CS(=O)(=O)c2ccc(Cl)cc2)c(Cl)c1. The highest BCUT2D eigenvalue weighted by atomic mass is 35.5. The Morgan fingerprint density at radius 2 is 1.63 bits per heavy atom. The summed E-state index contributed by atoms with van der Waals surface area (Å²) in [4.78, 5) is 0.213. The Morgan fingerprint density at radius 3 is 2.21 bits per heavy atom. The summed E-state index contributed by atoms with van der Waals surface area (Å²) in [6.07, 6.45) is 0. The summed E-state index contributed by atoms with van der Waals surface area (Å²) in [5.41, 5.74) is 6.59. The van der Waals surface area contributed by atoms with E-state index >= 15 is 0 Å². The van der Waals surface area contributed by atoms with Gasteiger partial charge in [-0.05, 0) is 42.0 Å². The van der Waals surface area contributed by atoms with Gasteiger partial charge >= 0.3 is 0 Å². The van der Waals surface area contributed by atoms with E-state index in [0.29, 0.717) is 21.3 Å². The largest absolute Gasteiger partial charge is 0.399 e. The summed E-state index contributed by atoms with van der Waals surface area (Å²) in [7, 11) is -3.45. The number of benzene rings is 2. The molecule has 2 rings (SSSR count). The second kappa shape index (κ2) is 5.41. The molecule has 2 aromatic rings. The highest BCUT2D eigenvalue weighted by Gasteiger charge is 2.17. The fourth-order valence-electron chi connectivity index (χ4n) is 1.61. The van der Waals surface area contributed by atoms with Crippen LogP contribution >= 0.6 is 23.2 Å². The Bertz CT molecular complexity index is 697. The van der Waals surface area contributed by atoms with Crippen LogP contribution in [0.15, 0.2) is 47.4 Å². The number of hydrogen-bond donors (Lipinski definition) is 1. The van der Waals surface area contributed by atoms with E-state index in [2.05, 4.69) is 0 Å². The molecule has 0 amide bonds. The molecule has 19 heavy (non-hydrogen) atoms. The van der Waals surface area contributed by atoms with Gasteiger partial charge in [0, 0.05) is 15.7 Å². The lowest BCUT2D eigenvalue weighted by Crippen LogP contribution is -2.05. The lowest BCUT2D eigenvalue weighted by atomic mass is 10.2. The quantitative estimate of drug-likeness (QED) is 0.881. The molecule has 6 heteroatoms. The van der Waals surface area contributed by atoms with Crippen LogP contribution in [-0.2, 0) is 15.6 Å². The van der Waals surface area contributed by atoms with Gasteiger partial charge < -0.3 is 5.73 Å². The minimum atomic E-state index is -3.45. The van der Waals surface area contributed by atoms with Crippen LogP contribution in [0.4, 0.5) is 5.69 Å². The van der Waals surface area contributed by atoms with Gasteiger partial charge in [-0.3, -0.25) is 0 Å². The molecule has 0 unspecified atom stereocenters. The van der Waals surface area contributed by atoms with Crippen LogP contribution in [0.5, 0.6) is 0 Å². The van der Waals surface area contributed by atoms with Crippen LogP contribution in [0.25, 0.3) is 0 Å². The van der Waals surface area contributed by atoms with Crippen molar-refractivity contribution in [3.05, 3.63) is 58.1 Å². The molecular formula is C13H11Cl2NO2S. The molecule has 0 fully saturated rings. The zero-order chi connectivity index (χ0) is 14.0. The lowest BCUT2D eigenvalue weighted by Gasteiger charge is -2.07. The first-order valence-corrected chi connectivity index (χ1v) is 7.81. The van der Waals surface area contributed by atoms with Crippen molar-refractivity contribution in [1.82, 2.24) is 0 Å². The molecule has 0 radical (unpaired) electrons. The Kier molecular flexibility index (Phi) is 4.04. The van der Waals surface area contributed by atoms with Crippen molar-refractivity contribution in [1.29, 1.82) is 0 Å². The summed E-state index contributed by atoms with van der Waals surface area (Å²) in [5, 5.41) is 0.835. The topological polar surface area (TPSA) is 60.2 Å². The first-order valence-electron chi connectivity index (χ1n) is 5.41. The van der Waals surface area contributed by atoms with Gasteiger partial charge in [0.1, 0.15) is 0 Å². The number of nitrogen functional groups attached to an aromatic ring is 1. The molecule has 0 heterocycles. The van der Waals surface area contributed by atoms with E-state index in [9.17, 15) is 8.42 Å². The van der Waals surface area contributed by atoms with Gasteiger partial charge in [0.25, 0.3) is 0 Å². The summed E-state index contributed by atoms with van der Waals surface area (Å²) >= 11 is 11.7. The Labute approximate surface area is 121 Å². The van der Waals surface area contributed by atoms with E-state index in [1.807, 2.05) is 0 Å². The molecule has 0 aliphatic rings. The fourth-order valence-corrected chi connectivity index (χ4v) is 3.45. The van der Waals surface area contributed by atoms with Gasteiger partial charge in [-0.1, -0.05) is 29.3 Å². The first-order chi connectivity index (χ1) is 8.88. The molecular weight excluding hydrogens is 305 g/mol. The third-order valence-corrected chi connectivity index (χ3v) is 4.88. The molecule has 2 aromatic carbocycles. The van der Waals surface area contributed by atoms with Crippen molar-refractivity contribution >= 4 is 38.7 Å². The monoisotopic (exact) mass is 315 g/mol. The highest BCUT2D eigenvalue weighted by molar-refractivity contribution is 7.90. The third-order valence-electron chi connectivity index (χ3n) is 2.60. The fraction of sp³-hybridized carbons (Fsp3) is 0.0769. The van der Waals surface area contributed by atoms with Gasteiger partial charge in [-0.15, -0.1) is 0 Å². The van der Waals surface area contributed by atoms with E-state index in [1.54, 1.807) is 24.3 Å². The summed E-state index contributed by atoms with van der Waals surface area (Å²) in [5.74, 6) is -0.173. The maximum absolute atomic E-state index is 12.2. The van der Waals surface area contributed by atoms with Gasteiger partial charge in [0.05, 0.1) is 10.6 Å². The number of nitrogens with two attached hydrogens (primary N) is 1. The molecule has 2 N–H and O–H groups in total. The number of sulfone groups is 1. The van der Waals surface area contributed by atoms with Crippen molar-refractivity contribution in [2.24, 2.45) is 0 Å². The van der Waals surface area contributed by atoms with Crippen molar-refractivity contribution in [3.8, 4) is 0 Å². The van der Waals surface area contributed by atoms with E-state index in [4.69, 9.17) is 28.9 Å². The van der Waals surface area contributed by atoms with E-state index in [1.165, 1.54) is 18.2 Å². The van der Waals surface area contributed by atoms with E-state index in [-0.39, 0.29) is 10.6 Å². The number of hydrogen-bond acceptors (Lipinski definition) is 3. The predicted octanol–water partition coefficient (Wildman–Crippen LogP) is 3.55. The van der Waals surface area contributed by atoms with Crippen LogP contribution in [0.1, 0.15) is 5.56 Å². The molecule has 0 aliphatic carbocycles. The second-order valence-corrected chi connectivity index (χ2v) is 6.90. The van der Waals surface area contributed by atoms with Crippen LogP contribution in [0.2, 0.25) is 10.0 Å². The highest BCUT2D eigenvalue weighted by Crippen LogP contribution is 2.24. The summed E-state index contributed by atoms with van der Waals surface area (Å²) in [6.45, 7) is 0. The zero-order valence-corrected chi connectivity index (χ0v) is 12.1. The Balaban J connectivity index is 2.33. The molecule has 0 bridgehead atoms. The normalized spacial score (nSPS) is 11.5. The van der Waals surface area contributed by atoms with Crippen LogP contribution in [0.3, 0.4) is 0 Å². The van der Waals surface area contributed by atoms with E-state index in [0.717, 1.165) is 0 Å². The van der Waals surface area contributed by atoms with Gasteiger partial charge in [0.2, 0.25) is 0 Å². The summed E-state index contributed by atoms with van der Waals surface area (Å²) < 4.78 is 24.4. The third kappa shape index (κ3) is 3.41. The average molecular weight is 316 g/mol. The van der Waals surface area contributed by atoms with Gasteiger partial charge in [-0.25, -0.2) is 8.42 Å². The van der Waals surface area contributed by atoms with Crippen molar-refractivity contribution < 1.29 is 8.42 Å². The smallest absolute Gasteiger partial charge is 0.182 e. The molecule has 3 nitrogen and oxygen atoms in total. The zero-order valence-electron chi connectivity index (χ0n) is 9.81. The van der Waals surface area contributed by atoms with E-state index < -0.39 is 9.84 Å². The molecule has 0 saturated carbocycles. The molecule has 100 valence electrons. The standard InChI is InChI=1S/C13H11Cl2NO2S/c14-10-2-5-12(6-3-10)19(17,18)8-9-1-4-11(16)7-13(9)15/h1-7H,8,16H2. The molecule has 0 spiro atoms. The minimum Gasteiger partial charge on any atom is -0.399 e. The maximum Gasteiger partial charge on any atom is 0.182 e. The molecule has 0 aromatic heterocycles. The lowest BCUT2D eigenvalue weighted by molar-refractivity contribution is 0.595. The van der Waals surface area contributed by atoms with Crippen molar-refractivity contribution in [2.75, 3.05) is 5.73 Å². The average Bonchev–Trinajstić information content (AvgIpc) is 2.33. The van der Waals surface area contributed by atoms with Crippen molar-refractivity contribution in [2.45, 2.75) is 10.6 Å². The molecule has 0 aliphatic heterocycles. The minimum absolute atomic E-state index is 0.173. The summed E-state index contributed by atoms with van der Waals surface area (Å²) in [6, 6.07) is 10.8.